The van der Waals surface area contributed by atoms with Crippen LogP contribution >= 0.6 is 11.6 Å². The van der Waals surface area contributed by atoms with E-state index in [4.69, 9.17) is 41.0 Å². The SMILES string of the molecule is N#Cc1cnc2cc(OC3CCOC3)c(NC(=O)C=CCN(OCCO)OCCO)cc2c1Nc1ccc(F)c(Cl)c1. The molecule has 1 fully saturated rings. The number of aliphatic hydroxyl groups is 2. The van der Waals surface area contributed by atoms with Crippen LogP contribution in [0, 0.1) is 17.1 Å². The van der Waals surface area contributed by atoms with Gasteiger partial charge < -0.3 is 30.3 Å². The monoisotopic (exact) mass is 601 g/mol. The number of nitriles is 1. The van der Waals surface area contributed by atoms with E-state index in [1.165, 1.54) is 36.5 Å². The molecule has 2 heterocycles. The van der Waals surface area contributed by atoms with E-state index in [2.05, 4.69) is 21.7 Å². The first kappa shape index (κ1) is 31.1. The summed E-state index contributed by atoms with van der Waals surface area (Å²) in [6.45, 7) is 0.412. The Morgan fingerprint density at radius 3 is 2.71 bits per heavy atom. The highest BCUT2D eigenvalue weighted by atomic mass is 35.5. The Bertz CT molecular complexity index is 1450. The molecule has 1 atom stereocenters. The van der Waals surface area contributed by atoms with E-state index in [1.54, 1.807) is 12.1 Å². The molecule has 0 radical (unpaired) electrons. The number of carbonyl (C=O) groups is 1. The second kappa shape index (κ2) is 15.4. The van der Waals surface area contributed by atoms with Crippen LogP contribution in [0.4, 0.5) is 21.5 Å². The smallest absolute Gasteiger partial charge is 0.248 e. The molecule has 12 nitrogen and oxygen atoms in total. The summed E-state index contributed by atoms with van der Waals surface area (Å²) in [7, 11) is 0. The number of rotatable bonds is 14. The molecule has 0 bridgehead atoms. The van der Waals surface area contributed by atoms with Gasteiger partial charge in [0.05, 0.1) is 73.7 Å². The molecule has 4 rings (SSSR count). The molecule has 2 aromatic carbocycles. The predicted octanol–water partition coefficient (Wildman–Crippen LogP) is 3.45. The molecule has 4 N–H and O–H groups in total. The number of nitrogens with one attached hydrogen (secondary N) is 2. The van der Waals surface area contributed by atoms with Crippen molar-refractivity contribution in [2.24, 2.45) is 0 Å². The Kier molecular flexibility index (Phi) is 11.4. The van der Waals surface area contributed by atoms with Crippen molar-refractivity contribution in [3.8, 4) is 11.8 Å². The standard InChI is InChI=1S/C28H29ClFN5O7/c29-22-12-19(3-4-23(22)30)33-28-18(15-31)16-32-24-14-26(42-20-5-9-39-17-20)25(13-21(24)28)34-27(38)2-1-6-35(40-10-7-36)41-11-8-37/h1-4,12-14,16,20,36-37H,5-11,17H2,(H,32,33)(H,34,38). The predicted molar refractivity (Wildman–Crippen MR) is 152 cm³/mol. The summed E-state index contributed by atoms with van der Waals surface area (Å²) in [4.78, 5) is 27.7. The summed E-state index contributed by atoms with van der Waals surface area (Å²) < 4.78 is 25.3. The number of hydroxylamine groups is 2. The molecular formula is C28H29ClFN5O7. The van der Waals surface area contributed by atoms with Crippen molar-refractivity contribution in [3.63, 3.8) is 0 Å². The summed E-state index contributed by atoms with van der Waals surface area (Å²) in [6.07, 6.45) is 4.57. The number of carbonyl (C=O) groups excluding carboxylic acids is 1. The number of nitrogens with zero attached hydrogens (tertiary/aromatic N) is 3. The Balaban J connectivity index is 1.64. The zero-order valence-corrected chi connectivity index (χ0v) is 23.1. The summed E-state index contributed by atoms with van der Waals surface area (Å²) in [6, 6.07) is 9.47. The van der Waals surface area contributed by atoms with Crippen LogP contribution in [0.15, 0.2) is 48.7 Å². The highest BCUT2D eigenvalue weighted by molar-refractivity contribution is 6.31. The lowest BCUT2D eigenvalue weighted by Crippen LogP contribution is -2.27. The molecule has 1 unspecified atom stereocenters. The third-order valence-electron chi connectivity index (χ3n) is 5.89. The molecule has 0 saturated carbocycles. The molecule has 3 aromatic rings. The average Bonchev–Trinajstić information content (AvgIpc) is 3.50. The molecule has 1 aliphatic rings. The maximum absolute atomic E-state index is 13.7. The lowest BCUT2D eigenvalue weighted by Gasteiger charge is -2.19. The van der Waals surface area contributed by atoms with Crippen LogP contribution in [-0.4, -0.2) is 78.6 Å². The number of amides is 1. The van der Waals surface area contributed by atoms with E-state index in [-0.39, 0.29) is 49.7 Å². The molecule has 14 heteroatoms. The van der Waals surface area contributed by atoms with E-state index < -0.39 is 11.7 Å². The van der Waals surface area contributed by atoms with Crippen LogP contribution in [0.3, 0.4) is 0 Å². The van der Waals surface area contributed by atoms with Crippen molar-refractivity contribution in [1.29, 1.82) is 5.26 Å². The number of aromatic nitrogens is 1. The largest absolute Gasteiger partial charge is 0.486 e. The van der Waals surface area contributed by atoms with Crippen LogP contribution in [0.2, 0.25) is 5.02 Å². The third-order valence-corrected chi connectivity index (χ3v) is 6.18. The second-order valence-corrected chi connectivity index (χ2v) is 9.31. The van der Waals surface area contributed by atoms with Crippen molar-refractivity contribution in [2.75, 3.05) is 56.8 Å². The van der Waals surface area contributed by atoms with Gasteiger partial charge >= 0.3 is 0 Å². The molecule has 1 aliphatic heterocycles. The van der Waals surface area contributed by atoms with Gasteiger partial charge in [0.2, 0.25) is 5.91 Å². The van der Waals surface area contributed by atoms with Gasteiger partial charge in [0.1, 0.15) is 23.7 Å². The van der Waals surface area contributed by atoms with Crippen LogP contribution < -0.4 is 15.4 Å². The number of pyridine rings is 1. The highest BCUT2D eigenvalue weighted by Crippen LogP contribution is 2.37. The average molecular weight is 602 g/mol. The van der Waals surface area contributed by atoms with Gasteiger partial charge in [-0.3, -0.25) is 19.5 Å². The first-order valence-corrected chi connectivity index (χ1v) is 13.4. The maximum Gasteiger partial charge on any atom is 0.248 e. The summed E-state index contributed by atoms with van der Waals surface area (Å²) in [5.74, 6) is -0.733. The molecule has 1 saturated heterocycles. The fraction of sp³-hybridized carbons (Fsp3) is 0.321. The van der Waals surface area contributed by atoms with E-state index >= 15 is 0 Å². The van der Waals surface area contributed by atoms with Crippen molar-refractivity contribution in [1.82, 2.24) is 10.2 Å². The van der Waals surface area contributed by atoms with Crippen molar-refractivity contribution in [3.05, 3.63) is 65.1 Å². The van der Waals surface area contributed by atoms with Crippen molar-refractivity contribution < 1.29 is 38.5 Å². The zero-order valence-electron chi connectivity index (χ0n) is 22.4. The second-order valence-electron chi connectivity index (χ2n) is 8.90. The van der Waals surface area contributed by atoms with E-state index in [1.807, 2.05) is 0 Å². The molecule has 0 aliphatic carbocycles. The van der Waals surface area contributed by atoms with Gasteiger partial charge in [-0.25, -0.2) is 4.39 Å². The molecule has 0 spiro atoms. The van der Waals surface area contributed by atoms with Gasteiger partial charge in [-0.2, -0.15) is 5.26 Å². The first-order valence-electron chi connectivity index (χ1n) is 13.0. The van der Waals surface area contributed by atoms with Gasteiger partial charge in [0, 0.05) is 35.8 Å². The van der Waals surface area contributed by atoms with Crippen LogP contribution in [0.5, 0.6) is 5.75 Å². The van der Waals surface area contributed by atoms with E-state index in [0.29, 0.717) is 53.3 Å². The van der Waals surface area contributed by atoms with Gasteiger partial charge in [-0.1, -0.05) is 22.9 Å². The number of ether oxygens (including phenoxy) is 2. The lowest BCUT2D eigenvalue weighted by molar-refractivity contribution is -0.365. The van der Waals surface area contributed by atoms with Gasteiger partial charge in [0.25, 0.3) is 0 Å². The van der Waals surface area contributed by atoms with Gasteiger partial charge in [-0.15, -0.1) is 0 Å². The molecule has 222 valence electrons. The van der Waals surface area contributed by atoms with Gasteiger partial charge in [-0.05, 0) is 24.3 Å². The third kappa shape index (κ3) is 8.34. The highest BCUT2D eigenvalue weighted by Gasteiger charge is 2.21. The summed E-state index contributed by atoms with van der Waals surface area (Å²) >= 11 is 5.95. The summed E-state index contributed by atoms with van der Waals surface area (Å²) in [5, 5.41) is 35.1. The Labute approximate surface area is 245 Å². The Morgan fingerprint density at radius 2 is 2.05 bits per heavy atom. The minimum absolute atomic E-state index is 0.0255. The molecule has 1 aromatic heterocycles. The fourth-order valence-corrected chi connectivity index (χ4v) is 4.17. The maximum atomic E-state index is 13.7. The number of hydrogen-bond donors (Lipinski definition) is 4. The van der Waals surface area contributed by atoms with E-state index in [0.717, 1.165) is 5.23 Å². The normalized spacial score (nSPS) is 14.9. The fourth-order valence-electron chi connectivity index (χ4n) is 3.99. The van der Waals surface area contributed by atoms with Gasteiger partial charge in [0.15, 0.2) is 0 Å². The topological polar surface area (TPSA) is 158 Å². The zero-order chi connectivity index (χ0) is 29.9. The number of fused-ring (bicyclic) bond motifs is 1. The van der Waals surface area contributed by atoms with E-state index in [9.17, 15) is 14.4 Å². The molecule has 1 amide bonds. The van der Waals surface area contributed by atoms with Crippen LogP contribution in [-0.2, 0) is 19.2 Å². The van der Waals surface area contributed by atoms with Crippen LogP contribution in [0.1, 0.15) is 12.0 Å². The van der Waals surface area contributed by atoms with Crippen molar-refractivity contribution in [2.45, 2.75) is 12.5 Å². The quantitative estimate of drug-likeness (QED) is 0.158. The Morgan fingerprint density at radius 1 is 1.26 bits per heavy atom. The number of halogens is 2. The lowest BCUT2D eigenvalue weighted by atomic mass is 10.1. The Hall–Kier alpha value is -3.87. The first-order chi connectivity index (χ1) is 20.4. The number of hydrogen-bond acceptors (Lipinski definition) is 11. The minimum atomic E-state index is -0.582. The minimum Gasteiger partial charge on any atom is -0.486 e. The number of aliphatic hydroxyl groups excluding tert-OH is 2. The molecule has 42 heavy (non-hydrogen) atoms. The number of benzene rings is 2. The van der Waals surface area contributed by atoms with Crippen LogP contribution in [0.25, 0.3) is 10.9 Å². The number of anilines is 3. The van der Waals surface area contributed by atoms with Crippen molar-refractivity contribution >= 4 is 45.5 Å². The summed E-state index contributed by atoms with van der Waals surface area (Å²) in [5.41, 5.74) is 1.82. The molecular weight excluding hydrogens is 573 g/mol.